The van der Waals surface area contributed by atoms with Gasteiger partial charge in [0.2, 0.25) is 0 Å². The van der Waals surface area contributed by atoms with Crippen molar-refractivity contribution in [1.82, 2.24) is 14.8 Å². The molecule has 1 saturated heterocycles. The summed E-state index contributed by atoms with van der Waals surface area (Å²) in [5, 5.41) is 0. The molecule has 3 rings (SSSR count). The van der Waals surface area contributed by atoms with E-state index in [1.54, 1.807) is 34.0 Å². The molecule has 1 aromatic heterocycles. The van der Waals surface area contributed by atoms with Crippen molar-refractivity contribution < 1.29 is 32.3 Å². The van der Waals surface area contributed by atoms with Gasteiger partial charge < -0.3 is 14.5 Å². The number of anilines is 1. The smallest absolute Gasteiger partial charge is 0.406 e. The summed E-state index contributed by atoms with van der Waals surface area (Å²) in [7, 11) is 3.17. The second kappa shape index (κ2) is 8.13. The number of ether oxygens (including phenoxy) is 1. The number of halogens is 3. The summed E-state index contributed by atoms with van der Waals surface area (Å²) in [5.41, 5.74) is -0.367. The second-order valence-corrected chi connectivity index (χ2v) is 7.84. The number of urea groups is 1. The van der Waals surface area contributed by atoms with E-state index in [0.717, 1.165) is 17.0 Å². The van der Waals surface area contributed by atoms with Crippen LogP contribution in [0.2, 0.25) is 0 Å². The number of hydrogen-bond donors (Lipinski definition) is 0. The van der Waals surface area contributed by atoms with E-state index in [9.17, 15) is 27.6 Å². The van der Waals surface area contributed by atoms with Crippen LogP contribution in [-0.4, -0.2) is 58.6 Å². The Kier molecular flexibility index (Phi) is 5.86. The van der Waals surface area contributed by atoms with Gasteiger partial charge in [-0.05, 0) is 49.7 Å². The molecule has 0 aliphatic carbocycles. The third-order valence-electron chi connectivity index (χ3n) is 5.03. The first-order chi connectivity index (χ1) is 14.8. The number of pyridine rings is 1. The molecule has 170 valence electrons. The Morgan fingerprint density at radius 1 is 1.12 bits per heavy atom. The van der Waals surface area contributed by atoms with Gasteiger partial charge in [0.1, 0.15) is 11.3 Å². The molecule has 1 aliphatic rings. The molecule has 1 aromatic carbocycles. The average Bonchev–Trinajstić information content (AvgIpc) is 2.87. The van der Waals surface area contributed by atoms with Crippen molar-refractivity contribution in [1.29, 1.82) is 0 Å². The molecule has 2 aromatic rings. The molecule has 1 aliphatic heterocycles. The van der Waals surface area contributed by atoms with Crippen molar-refractivity contribution in [3.63, 3.8) is 0 Å². The van der Waals surface area contributed by atoms with Gasteiger partial charge >= 0.3 is 12.4 Å². The maximum absolute atomic E-state index is 13.2. The lowest BCUT2D eigenvalue weighted by Crippen LogP contribution is -2.44. The van der Waals surface area contributed by atoms with Crippen molar-refractivity contribution in [2.75, 3.05) is 19.0 Å². The van der Waals surface area contributed by atoms with E-state index in [4.69, 9.17) is 0 Å². The third kappa shape index (κ3) is 4.36. The van der Waals surface area contributed by atoms with E-state index in [2.05, 4.69) is 9.72 Å². The van der Waals surface area contributed by atoms with Crippen molar-refractivity contribution in [3.05, 3.63) is 53.9 Å². The topological polar surface area (TPSA) is 83.1 Å². The molecule has 0 saturated carbocycles. The highest BCUT2D eigenvalue weighted by Gasteiger charge is 2.52. The number of hydrogen-bond acceptors (Lipinski definition) is 5. The molecule has 11 heteroatoms. The molecule has 0 atom stereocenters. The second-order valence-electron chi connectivity index (χ2n) is 7.84. The molecule has 4 amide bonds. The van der Waals surface area contributed by atoms with Gasteiger partial charge in [0.25, 0.3) is 11.8 Å². The van der Waals surface area contributed by atoms with Gasteiger partial charge in [0, 0.05) is 33.0 Å². The first kappa shape index (κ1) is 23.0. The molecule has 32 heavy (non-hydrogen) atoms. The Bertz CT molecular complexity index is 1050. The van der Waals surface area contributed by atoms with Gasteiger partial charge in [-0.15, -0.1) is 13.2 Å². The summed E-state index contributed by atoms with van der Waals surface area (Å²) >= 11 is 0. The average molecular weight is 450 g/mol. The lowest BCUT2D eigenvalue weighted by atomic mass is 10.0. The maximum atomic E-state index is 13.2. The van der Waals surface area contributed by atoms with Crippen LogP contribution in [-0.2, 0) is 11.3 Å². The van der Waals surface area contributed by atoms with Gasteiger partial charge in [-0.1, -0.05) is 0 Å². The Labute approximate surface area is 182 Å². The number of benzene rings is 1. The Hall–Kier alpha value is -3.63. The zero-order valence-electron chi connectivity index (χ0n) is 17.8. The molecule has 0 spiro atoms. The molecule has 0 bridgehead atoms. The normalized spacial score (nSPS) is 15.8. The molecule has 2 heterocycles. The number of aromatic nitrogens is 1. The van der Waals surface area contributed by atoms with Crippen LogP contribution in [0.15, 0.2) is 42.7 Å². The molecule has 0 N–H and O–H groups in total. The fourth-order valence-corrected chi connectivity index (χ4v) is 3.29. The monoisotopic (exact) mass is 450 g/mol. The highest BCUT2D eigenvalue weighted by molar-refractivity contribution is 6.23. The summed E-state index contributed by atoms with van der Waals surface area (Å²) in [6, 6.07) is 5.38. The lowest BCUT2D eigenvalue weighted by molar-refractivity contribution is -0.274. The van der Waals surface area contributed by atoms with E-state index < -0.39 is 29.6 Å². The minimum absolute atomic E-state index is 0.0409. The molecular weight excluding hydrogens is 429 g/mol. The standard InChI is InChI=1S/C21H21F3N4O4/c1-20(2)18(30)28(14-5-7-15(8-6-14)32-21(22,23)24)19(31)27(20)12-13-9-10-25-11-16(13)17(29)26(3)4/h5-11H,12H2,1-4H3. The van der Waals surface area contributed by atoms with E-state index in [0.29, 0.717) is 11.1 Å². The quantitative estimate of drug-likeness (QED) is 0.652. The minimum Gasteiger partial charge on any atom is -0.406 e. The summed E-state index contributed by atoms with van der Waals surface area (Å²) in [6.45, 7) is 3.08. The number of imide groups is 1. The van der Waals surface area contributed by atoms with Gasteiger partial charge in [0.05, 0.1) is 11.3 Å². The van der Waals surface area contributed by atoms with Crippen molar-refractivity contribution in [3.8, 4) is 5.75 Å². The van der Waals surface area contributed by atoms with E-state index in [1.165, 1.54) is 34.3 Å². The van der Waals surface area contributed by atoms with Gasteiger partial charge in [-0.25, -0.2) is 9.69 Å². The predicted octanol–water partition coefficient (Wildman–Crippen LogP) is 3.43. The summed E-state index contributed by atoms with van der Waals surface area (Å²) in [5.74, 6) is -1.33. The fourth-order valence-electron chi connectivity index (χ4n) is 3.29. The molecule has 0 unspecified atom stereocenters. The first-order valence-electron chi connectivity index (χ1n) is 9.49. The van der Waals surface area contributed by atoms with Crippen molar-refractivity contribution in [2.45, 2.75) is 32.3 Å². The van der Waals surface area contributed by atoms with Crippen LogP contribution >= 0.6 is 0 Å². The number of rotatable bonds is 5. The van der Waals surface area contributed by atoms with Crippen LogP contribution in [0.4, 0.5) is 23.7 Å². The Balaban J connectivity index is 1.91. The Morgan fingerprint density at radius 3 is 2.31 bits per heavy atom. The maximum Gasteiger partial charge on any atom is 0.573 e. The zero-order valence-corrected chi connectivity index (χ0v) is 17.8. The van der Waals surface area contributed by atoms with Crippen LogP contribution in [0.5, 0.6) is 5.75 Å². The number of carbonyl (C=O) groups is 3. The van der Waals surface area contributed by atoms with Gasteiger partial charge in [0.15, 0.2) is 0 Å². The molecule has 8 nitrogen and oxygen atoms in total. The highest BCUT2D eigenvalue weighted by Crippen LogP contribution is 2.35. The largest absolute Gasteiger partial charge is 0.573 e. The number of nitrogens with zero attached hydrogens (tertiary/aromatic N) is 4. The van der Waals surface area contributed by atoms with Crippen LogP contribution < -0.4 is 9.64 Å². The summed E-state index contributed by atoms with van der Waals surface area (Å²) in [6.07, 6.45) is -1.98. The number of amides is 4. The summed E-state index contributed by atoms with van der Waals surface area (Å²) < 4.78 is 41.0. The highest BCUT2D eigenvalue weighted by atomic mass is 19.4. The number of carbonyl (C=O) groups excluding carboxylic acids is 3. The van der Waals surface area contributed by atoms with E-state index >= 15 is 0 Å². The Morgan fingerprint density at radius 2 is 1.75 bits per heavy atom. The van der Waals surface area contributed by atoms with Gasteiger partial charge in [-0.3, -0.25) is 14.6 Å². The fraction of sp³-hybridized carbons (Fsp3) is 0.333. The van der Waals surface area contributed by atoms with Crippen LogP contribution in [0, 0.1) is 0 Å². The van der Waals surface area contributed by atoms with Crippen LogP contribution in [0.3, 0.4) is 0 Å². The van der Waals surface area contributed by atoms with E-state index in [-0.39, 0.29) is 18.1 Å². The van der Waals surface area contributed by atoms with Gasteiger partial charge in [-0.2, -0.15) is 0 Å². The van der Waals surface area contributed by atoms with Crippen LogP contribution in [0.25, 0.3) is 0 Å². The zero-order chi connectivity index (χ0) is 23.8. The predicted molar refractivity (Wildman–Crippen MR) is 108 cm³/mol. The van der Waals surface area contributed by atoms with Crippen molar-refractivity contribution in [2.24, 2.45) is 0 Å². The molecular formula is C21H21F3N4O4. The number of alkyl halides is 3. The SMILES string of the molecule is CN(C)C(=O)c1cnccc1CN1C(=O)N(c2ccc(OC(F)(F)F)cc2)C(=O)C1(C)C. The van der Waals surface area contributed by atoms with Crippen molar-refractivity contribution >= 4 is 23.5 Å². The lowest BCUT2D eigenvalue weighted by Gasteiger charge is -2.28. The molecule has 0 radical (unpaired) electrons. The molecule has 1 fully saturated rings. The van der Waals surface area contributed by atoms with Crippen LogP contribution in [0.1, 0.15) is 29.8 Å². The minimum atomic E-state index is -4.86. The third-order valence-corrected chi connectivity index (χ3v) is 5.03. The van der Waals surface area contributed by atoms with E-state index in [1.807, 2.05) is 0 Å². The first-order valence-corrected chi connectivity index (χ1v) is 9.49. The summed E-state index contributed by atoms with van der Waals surface area (Å²) in [4.78, 5) is 46.2.